The largest absolute Gasteiger partial charge is 0.430 e. The second-order valence-electron chi connectivity index (χ2n) is 9.77. The second-order valence-corrected chi connectivity index (χ2v) is 11.5. The number of alkyl halides is 6. The summed E-state index contributed by atoms with van der Waals surface area (Å²) < 4.78 is 80.6. The summed E-state index contributed by atoms with van der Waals surface area (Å²) in [4.78, 5) is 31.0. The number of nitrogens with zero attached hydrogens (tertiary/aromatic N) is 2. The first-order valence-corrected chi connectivity index (χ1v) is 12.7. The molecule has 0 saturated carbocycles. The third kappa shape index (κ3) is 6.96. The fourth-order valence-electron chi connectivity index (χ4n) is 3.40. The van der Waals surface area contributed by atoms with Crippen LogP contribution in [0.25, 0.3) is 10.4 Å². The molecule has 0 spiro atoms. The molecule has 2 aromatic rings. The van der Waals surface area contributed by atoms with E-state index in [0.717, 1.165) is 6.07 Å². The van der Waals surface area contributed by atoms with Crippen LogP contribution in [0, 0.1) is 5.92 Å². The van der Waals surface area contributed by atoms with Crippen molar-refractivity contribution >= 4 is 46.4 Å². The number of hydrogen-bond acceptors (Lipinski definition) is 6. The predicted octanol–water partition coefficient (Wildman–Crippen LogP) is 5.66. The zero-order valence-electron chi connectivity index (χ0n) is 21.2. The SMILES string of the molecule is CC(C)CN(C)C(=O)c1nc(C(=O)NCC(C)(C)O)sc1-c1ccc(C(O)(C(F)(F)F)C(F)(F)F)c(Cl)c1Cl. The molecule has 2 amide bonds. The van der Waals surface area contributed by atoms with E-state index in [9.17, 15) is 46.1 Å². The second kappa shape index (κ2) is 11.4. The van der Waals surface area contributed by atoms with Crippen LogP contribution < -0.4 is 5.32 Å². The van der Waals surface area contributed by atoms with Gasteiger partial charge < -0.3 is 20.4 Å². The maximum Gasteiger partial charge on any atom is 0.430 e. The summed E-state index contributed by atoms with van der Waals surface area (Å²) in [6.45, 7) is 6.52. The molecule has 0 bridgehead atoms. The molecule has 1 aromatic carbocycles. The maximum atomic E-state index is 13.4. The number of hydrogen-bond donors (Lipinski definition) is 3. The van der Waals surface area contributed by atoms with Gasteiger partial charge in [-0.3, -0.25) is 9.59 Å². The number of amides is 2. The Hall–Kier alpha value is -2.13. The van der Waals surface area contributed by atoms with E-state index in [2.05, 4.69) is 10.3 Å². The number of aliphatic hydroxyl groups is 2. The van der Waals surface area contributed by atoms with E-state index in [4.69, 9.17) is 23.2 Å². The summed E-state index contributed by atoms with van der Waals surface area (Å²) in [6, 6.07) is 1.02. The van der Waals surface area contributed by atoms with Crippen LogP contribution in [-0.2, 0) is 5.60 Å². The molecular weight excluding hydrogens is 599 g/mol. The molecule has 3 N–H and O–H groups in total. The highest BCUT2D eigenvalue weighted by atomic mass is 35.5. The predicted molar refractivity (Wildman–Crippen MR) is 134 cm³/mol. The number of aromatic nitrogens is 1. The minimum atomic E-state index is -6.21. The lowest BCUT2D eigenvalue weighted by molar-refractivity contribution is -0.376. The Labute approximate surface area is 233 Å². The van der Waals surface area contributed by atoms with Crippen molar-refractivity contribution in [1.29, 1.82) is 0 Å². The van der Waals surface area contributed by atoms with Crippen molar-refractivity contribution in [1.82, 2.24) is 15.2 Å². The number of carbonyl (C=O) groups excluding carboxylic acids is 2. The molecule has 218 valence electrons. The normalized spacial score (nSPS) is 13.1. The quantitative estimate of drug-likeness (QED) is 0.329. The lowest BCUT2D eigenvalue weighted by Crippen LogP contribution is -2.54. The fraction of sp³-hybridized carbons (Fsp3) is 0.522. The lowest BCUT2D eigenvalue weighted by Gasteiger charge is -2.33. The smallest absolute Gasteiger partial charge is 0.389 e. The van der Waals surface area contributed by atoms with Crippen LogP contribution in [0.3, 0.4) is 0 Å². The van der Waals surface area contributed by atoms with E-state index in [1.54, 1.807) is 0 Å². The molecular formula is C23H25Cl2F6N3O4S. The molecule has 0 fully saturated rings. The number of benzene rings is 1. The van der Waals surface area contributed by atoms with E-state index >= 15 is 0 Å². The van der Waals surface area contributed by atoms with E-state index in [1.165, 1.54) is 25.8 Å². The molecule has 0 aliphatic heterocycles. The summed E-state index contributed by atoms with van der Waals surface area (Å²) in [5.41, 5.74) is -9.06. The first-order valence-electron chi connectivity index (χ1n) is 11.1. The molecule has 2 rings (SSSR count). The molecule has 0 saturated heterocycles. The molecule has 0 unspecified atom stereocenters. The van der Waals surface area contributed by atoms with Crippen molar-refractivity contribution in [3.8, 4) is 10.4 Å². The van der Waals surface area contributed by atoms with E-state index in [-0.39, 0.29) is 40.1 Å². The van der Waals surface area contributed by atoms with Crippen LogP contribution in [-0.4, -0.2) is 70.0 Å². The summed E-state index contributed by atoms with van der Waals surface area (Å²) in [7, 11) is 1.43. The van der Waals surface area contributed by atoms with Gasteiger partial charge in [-0.25, -0.2) is 4.98 Å². The monoisotopic (exact) mass is 623 g/mol. The molecule has 0 aliphatic carbocycles. The van der Waals surface area contributed by atoms with Crippen molar-refractivity contribution in [3.05, 3.63) is 38.4 Å². The van der Waals surface area contributed by atoms with Crippen LogP contribution in [0.2, 0.25) is 10.0 Å². The van der Waals surface area contributed by atoms with Gasteiger partial charge in [0.2, 0.25) is 0 Å². The summed E-state index contributed by atoms with van der Waals surface area (Å²) in [6.07, 6.45) is -12.4. The van der Waals surface area contributed by atoms with E-state index in [0.29, 0.717) is 17.4 Å². The van der Waals surface area contributed by atoms with Crippen LogP contribution in [0.15, 0.2) is 12.1 Å². The standard InChI is InChI=1S/C23H25Cl2F6N3O4S/c1-10(2)8-34(5)19(36)15-16(39-18(33-15)17(35)32-9-20(3,4)37)11-6-7-12(14(25)13(11)24)21(38,22(26,27)28)23(29,30)31/h6-7,10,37-38H,8-9H2,1-5H3,(H,32,35). The van der Waals surface area contributed by atoms with Gasteiger partial charge in [-0.05, 0) is 19.8 Å². The van der Waals surface area contributed by atoms with Gasteiger partial charge in [0.05, 0.1) is 20.5 Å². The third-order valence-corrected chi connectivity index (χ3v) is 7.20. The van der Waals surface area contributed by atoms with E-state index in [1.807, 2.05) is 13.8 Å². The number of rotatable bonds is 8. The highest BCUT2D eigenvalue weighted by Gasteiger charge is 2.72. The molecule has 1 aromatic heterocycles. The van der Waals surface area contributed by atoms with Crippen LogP contribution in [0.1, 0.15) is 53.5 Å². The van der Waals surface area contributed by atoms with Crippen molar-refractivity contribution < 1.29 is 46.1 Å². The minimum Gasteiger partial charge on any atom is -0.389 e. The van der Waals surface area contributed by atoms with Crippen molar-refractivity contribution in [2.24, 2.45) is 5.92 Å². The Morgan fingerprint density at radius 3 is 2.05 bits per heavy atom. The zero-order chi connectivity index (χ0) is 30.3. The fourth-order valence-corrected chi connectivity index (χ4v) is 5.02. The Balaban J connectivity index is 2.75. The zero-order valence-corrected chi connectivity index (χ0v) is 23.5. The van der Waals surface area contributed by atoms with Gasteiger partial charge in [-0.15, -0.1) is 11.3 Å². The van der Waals surface area contributed by atoms with Gasteiger partial charge in [-0.2, -0.15) is 26.3 Å². The Kier molecular flexibility index (Phi) is 9.66. The number of carbonyl (C=O) groups is 2. The van der Waals surface area contributed by atoms with Crippen LogP contribution in [0.5, 0.6) is 0 Å². The molecule has 7 nitrogen and oxygen atoms in total. The number of halogens is 8. The Morgan fingerprint density at radius 2 is 1.59 bits per heavy atom. The van der Waals surface area contributed by atoms with Gasteiger partial charge >= 0.3 is 12.4 Å². The first-order chi connectivity index (χ1) is 17.5. The third-order valence-electron chi connectivity index (χ3n) is 5.23. The van der Waals surface area contributed by atoms with E-state index < -0.39 is 51.0 Å². The van der Waals surface area contributed by atoms with Gasteiger partial charge in [-0.1, -0.05) is 49.2 Å². The summed E-state index contributed by atoms with van der Waals surface area (Å²) >= 11 is 12.6. The summed E-state index contributed by atoms with van der Waals surface area (Å²) in [5, 5.41) is 19.7. The highest BCUT2D eigenvalue weighted by Crippen LogP contribution is 2.54. The van der Waals surface area contributed by atoms with Crippen LogP contribution >= 0.6 is 34.5 Å². The van der Waals surface area contributed by atoms with Gasteiger partial charge in [0, 0.05) is 31.3 Å². The lowest BCUT2D eigenvalue weighted by atomic mass is 9.91. The van der Waals surface area contributed by atoms with Gasteiger partial charge in [0.15, 0.2) is 5.01 Å². The van der Waals surface area contributed by atoms with Gasteiger partial charge in [0.25, 0.3) is 17.4 Å². The first kappa shape index (κ1) is 33.1. The minimum absolute atomic E-state index is 0.00956. The van der Waals surface area contributed by atoms with Crippen molar-refractivity contribution in [2.45, 2.75) is 51.2 Å². The molecule has 0 radical (unpaired) electrons. The maximum absolute atomic E-state index is 13.4. The average Bonchev–Trinajstić information content (AvgIpc) is 3.20. The molecule has 0 atom stereocenters. The number of thiazole rings is 1. The van der Waals surface area contributed by atoms with Crippen molar-refractivity contribution in [2.75, 3.05) is 20.1 Å². The van der Waals surface area contributed by atoms with Crippen molar-refractivity contribution in [3.63, 3.8) is 0 Å². The molecule has 0 aliphatic rings. The summed E-state index contributed by atoms with van der Waals surface area (Å²) in [5.74, 6) is -1.51. The topological polar surface area (TPSA) is 103 Å². The number of nitrogens with one attached hydrogen (secondary N) is 1. The molecule has 39 heavy (non-hydrogen) atoms. The Bertz CT molecular complexity index is 1230. The van der Waals surface area contributed by atoms with Gasteiger partial charge in [0.1, 0.15) is 5.69 Å². The highest BCUT2D eigenvalue weighted by molar-refractivity contribution is 7.17. The Morgan fingerprint density at radius 1 is 1.05 bits per heavy atom. The molecule has 1 heterocycles. The average molecular weight is 624 g/mol. The molecule has 16 heteroatoms. The van der Waals surface area contributed by atoms with Crippen LogP contribution in [0.4, 0.5) is 26.3 Å².